The van der Waals surface area contributed by atoms with Crippen molar-refractivity contribution in [2.75, 3.05) is 5.32 Å². The third kappa shape index (κ3) is 3.04. The monoisotopic (exact) mass is 197 g/mol. The fourth-order valence-corrected chi connectivity index (χ4v) is 1.07. The first kappa shape index (κ1) is 9.40. The van der Waals surface area contributed by atoms with E-state index in [2.05, 4.69) is 16.9 Å². The molecule has 0 saturated heterocycles. The maximum absolute atomic E-state index is 11.0. The number of hydrogen-bond donors (Lipinski definition) is 2. The highest BCUT2D eigenvalue weighted by atomic mass is 32.1. The summed E-state index contributed by atoms with van der Waals surface area (Å²) in [7, 11) is 0. The molecule has 68 valence electrons. The largest absolute Gasteiger partial charge is 0.327 e. The molecule has 0 unspecified atom stereocenters. The SMILES string of the molecule is C=CC(=O)NC(=O)Nc1cscn1. The van der Waals surface area contributed by atoms with E-state index in [4.69, 9.17) is 0 Å². The van der Waals surface area contributed by atoms with E-state index in [0.29, 0.717) is 5.82 Å². The Morgan fingerprint density at radius 2 is 2.38 bits per heavy atom. The maximum atomic E-state index is 11.0. The van der Waals surface area contributed by atoms with Crippen molar-refractivity contribution in [3.63, 3.8) is 0 Å². The molecule has 0 aliphatic heterocycles. The summed E-state index contributed by atoms with van der Waals surface area (Å²) in [5.41, 5.74) is 1.57. The van der Waals surface area contributed by atoms with Crippen molar-refractivity contribution in [2.24, 2.45) is 0 Å². The van der Waals surface area contributed by atoms with Crippen LogP contribution in [-0.2, 0) is 4.79 Å². The van der Waals surface area contributed by atoms with Crippen LogP contribution in [0.5, 0.6) is 0 Å². The number of nitrogens with zero attached hydrogens (tertiary/aromatic N) is 1. The smallest absolute Gasteiger partial charge is 0.291 e. The fraction of sp³-hybridized carbons (Fsp3) is 0. The number of thiazole rings is 1. The average Bonchev–Trinajstić information content (AvgIpc) is 2.56. The molecule has 5 nitrogen and oxygen atoms in total. The van der Waals surface area contributed by atoms with Crippen LogP contribution < -0.4 is 10.6 Å². The summed E-state index contributed by atoms with van der Waals surface area (Å²) >= 11 is 1.35. The van der Waals surface area contributed by atoms with Gasteiger partial charge in [-0.05, 0) is 6.08 Å². The Balaban J connectivity index is 2.42. The Morgan fingerprint density at radius 3 is 2.92 bits per heavy atom. The number of anilines is 1. The van der Waals surface area contributed by atoms with E-state index < -0.39 is 11.9 Å². The van der Waals surface area contributed by atoms with Crippen LogP contribution >= 0.6 is 11.3 Å². The highest BCUT2D eigenvalue weighted by Gasteiger charge is 2.04. The maximum Gasteiger partial charge on any atom is 0.327 e. The summed E-state index contributed by atoms with van der Waals surface area (Å²) in [5, 5.41) is 6.04. The van der Waals surface area contributed by atoms with Gasteiger partial charge in [0.2, 0.25) is 0 Å². The summed E-state index contributed by atoms with van der Waals surface area (Å²) in [6.07, 6.45) is 1.01. The second-order valence-electron chi connectivity index (χ2n) is 2.02. The molecule has 0 bridgehead atoms. The zero-order valence-electron chi connectivity index (χ0n) is 6.61. The number of amides is 3. The first-order chi connectivity index (χ1) is 6.22. The van der Waals surface area contributed by atoms with Gasteiger partial charge in [-0.3, -0.25) is 15.4 Å². The van der Waals surface area contributed by atoms with Gasteiger partial charge in [-0.15, -0.1) is 11.3 Å². The minimum atomic E-state index is -0.615. The molecule has 6 heteroatoms. The van der Waals surface area contributed by atoms with E-state index in [-0.39, 0.29) is 0 Å². The molecule has 0 aromatic carbocycles. The van der Waals surface area contributed by atoms with Crippen molar-refractivity contribution >= 4 is 29.1 Å². The molecule has 0 aliphatic carbocycles. The molecule has 0 saturated carbocycles. The van der Waals surface area contributed by atoms with Gasteiger partial charge in [0, 0.05) is 5.38 Å². The van der Waals surface area contributed by atoms with E-state index in [0.717, 1.165) is 6.08 Å². The molecule has 0 atom stereocenters. The number of aromatic nitrogens is 1. The van der Waals surface area contributed by atoms with Gasteiger partial charge in [-0.25, -0.2) is 9.78 Å². The summed E-state index contributed by atoms with van der Waals surface area (Å²) in [6.45, 7) is 3.21. The van der Waals surface area contributed by atoms with Gasteiger partial charge in [0.05, 0.1) is 5.51 Å². The lowest BCUT2D eigenvalue weighted by molar-refractivity contribution is -0.115. The lowest BCUT2D eigenvalue weighted by atomic mass is 10.6. The zero-order chi connectivity index (χ0) is 9.68. The Kier molecular flexibility index (Phi) is 3.15. The molecular formula is C7H7N3O2S. The first-order valence-corrected chi connectivity index (χ1v) is 4.29. The Bertz CT molecular complexity index is 320. The van der Waals surface area contributed by atoms with Gasteiger partial charge in [0.15, 0.2) is 0 Å². The van der Waals surface area contributed by atoms with Crippen LogP contribution in [0.3, 0.4) is 0 Å². The molecule has 3 amide bonds. The molecule has 0 spiro atoms. The topological polar surface area (TPSA) is 71.1 Å². The van der Waals surface area contributed by atoms with Gasteiger partial charge < -0.3 is 0 Å². The van der Waals surface area contributed by atoms with Crippen molar-refractivity contribution in [3.05, 3.63) is 23.5 Å². The van der Waals surface area contributed by atoms with Crippen LogP contribution in [0, 0.1) is 0 Å². The number of imide groups is 1. The minimum absolute atomic E-state index is 0.416. The second-order valence-corrected chi connectivity index (χ2v) is 2.74. The predicted molar refractivity (Wildman–Crippen MR) is 49.5 cm³/mol. The number of nitrogens with one attached hydrogen (secondary N) is 2. The summed E-state index contributed by atoms with van der Waals surface area (Å²) in [5.74, 6) is -0.132. The molecule has 0 fully saturated rings. The van der Waals surface area contributed by atoms with Crippen LogP contribution in [-0.4, -0.2) is 16.9 Å². The number of urea groups is 1. The molecule has 13 heavy (non-hydrogen) atoms. The summed E-state index contributed by atoms with van der Waals surface area (Å²) in [4.78, 5) is 25.4. The number of carbonyl (C=O) groups excluding carboxylic acids is 2. The second kappa shape index (κ2) is 4.36. The highest BCUT2D eigenvalue weighted by Crippen LogP contribution is 2.05. The number of carbonyl (C=O) groups is 2. The standard InChI is InChI=1S/C7H7N3O2S/c1-2-6(11)10-7(12)9-5-3-13-4-8-5/h2-4H,1H2,(H2,9,10,11,12). The van der Waals surface area contributed by atoms with Gasteiger partial charge in [-0.1, -0.05) is 6.58 Å². The molecule has 2 N–H and O–H groups in total. The van der Waals surface area contributed by atoms with Crippen LogP contribution in [0.25, 0.3) is 0 Å². The van der Waals surface area contributed by atoms with Crippen LogP contribution in [0.15, 0.2) is 23.5 Å². The normalized spacial score (nSPS) is 8.92. The number of hydrogen-bond acceptors (Lipinski definition) is 4. The van der Waals surface area contributed by atoms with E-state index >= 15 is 0 Å². The van der Waals surface area contributed by atoms with Crippen LogP contribution in [0.4, 0.5) is 10.6 Å². The third-order valence-corrected chi connectivity index (χ3v) is 1.68. The molecule has 0 radical (unpaired) electrons. The predicted octanol–water partition coefficient (Wildman–Crippen LogP) is 0.977. The van der Waals surface area contributed by atoms with E-state index in [9.17, 15) is 9.59 Å². The fourth-order valence-electron chi connectivity index (χ4n) is 0.585. The summed E-state index contributed by atoms with van der Waals surface area (Å²) < 4.78 is 0. The van der Waals surface area contributed by atoms with Crippen molar-refractivity contribution in [1.82, 2.24) is 10.3 Å². The molecule has 1 rings (SSSR count). The van der Waals surface area contributed by atoms with E-state index in [1.165, 1.54) is 11.3 Å². The van der Waals surface area contributed by atoms with Crippen molar-refractivity contribution in [2.45, 2.75) is 0 Å². The van der Waals surface area contributed by atoms with E-state index in [1.807, 2.05) is 5.32 Å². The van der Waals surface area contributed by atoms with Gasteiger partial charge in [-0.2, -0.15) is 0 Å². The van der Waals surface area contributed by atoms with Gasteiger partial charge in [0.1, 0.15) is 5.82 Å². The molecule has 0 aliphatic rings. The molecule has 1 aromatic heterocycles. The van der Waals surface area contributed by atoms with Crippen LogP contribution in [0.2, 0.25) is 0 Å². The van der Waals surface area contributed by atoms with Crippen molar-refractivity contribution in [3.8, 4) is 0 Å². The first-order valence-electron chi connectivity index (χ1n) is 3.35. The van der Waals surface area contributed by atoms with Crippen molar-refractivity contribution < 1.29 is 9.59 Å². The Hall–Kier alpha value is -1.69. The average molecular weight is 197 g/mol. The Morgan fingerprint density at radius 1 is 1.62 bits per heavy atom. The third-order valence-electron chi connectivity index (χ3n) is 1.10. The van der Waals surface area contributed by atoms with Gasteiger partial charge >= 0.3 is 6.03 Å². The molecule has 1 heterocycles. The summed E-state index contributed by atoms with van der Waals surface area (Å²) in [6, 6.07) is -0.615. The number of rotatable bonds is 2. The lowest BCUT2D eigenvalue weighted by Crippen LogP contribution is -2.32. The van der Waals surface area contributed by atoms with Gasteiger partial charge in [0.25, 0.3) is 5.91 Å². The lowest BCUT2D eigenvalue weighted by Gasteiger charge is -2.00. The highest BCUT2D eigenvalue weighted by molar-refractivity contribution is 7.07. The van der Waals surface area contributed by atoms with Crippen molar-refractivity contribution in [1.29, 1.82) is 0 Å². The Labute approximate surface area is 78.5 Å². The molecule has 1 aromatic rings. The minimum Gasteiger partial charge on any atom is -0.291 e. The quantitative estimate of drug-likeness (QED) is 0.694. The molecular weight excluding hydrogens is 190 g/mol. The zero-order valence-corrected chi connectivity index (χ0v) is 7.43. The van der Waals surface area contributed by atoms with Crippen LogP contribution in [0.1, 0.15) is 0 Å². The van der Waals surface area contributed by atoms with E-state index in [1.54, 1.807) is 10.9 Å².